The van der Waals surface area contributed by atoms with Crippen molar-refractivity contribution in [3.63, 3.8) is 0 Å². The van der Waals surface area contributed by atoms with Crippen molar-refractivity contribution in [2.75, 3.05) is 23.8 Å². The summed E-state index contributed by atoms with van der Waals surface area (Å²) in [4.78, 5) is 28.9. The van der Waals surface area contributed by atoms with E-state index in [0.29, 0.717) is 36.1 Å². The standard InChI is InChI=1S/C21H16FN3O4/c22-15-1-3-16(4-2-15)24-20(26)13-9-14(12-23-11-13)21(27)25-17-5-6-18-19(10-17)29-8-7-28-18/h1-6,9-12H,7-8H2,(H,24,26)(H,25,27). The number of hydrogen-bond donors (Lipinski definition) is 2. The Labute approximate surface area is 165 Å². The van der Waals surface area contributed by atoms with Gasteiger partial charge in [-0.3, -0.25) is 14.6 Å². The van der Waals surface area contributed by atoms with E-state index in [2.05, 4.69) is 15.6 Å². The monoisotopic (exact) mass is 393 g/mol. The van der Waals surface area contributed by atoms with Crippen LogP contribution in [0.1, 0.15) is 20.7 Å². The normalized spacial score (nSPS) is 12.2. The Kier molecular flexibility index (Phi) is 5.07. The number of nitrogens with zero attached hydrogens (tertiary/aromatic N) is 1. The van der Waals surface area contributed by atoms with Gasteiger partial charge in [0.2, 0.25) is 0 Å². The van der Waals surface area contributed by atoms with Crippen LogP contribution in [0.4, 0.5) is 15.8 Å². The van der Waals surface area contributed by atoms with Crippen molar-refractivity contribution < 1.29 is 23.5 Å². The second-order valence-corrected chi connectivity index (χ2v) is 6.24. The van der Waals surface area contributed by atoms with E-state index in [0.717, 1.165) is 0 Å². The highest BCUT2D eigenvalue weighted by Crippen LogP contribution is 2.32. The molecule has 29 heavy (non-hydrogen) atoms. The molecule has 3 aromatic rings. The SMILES string of the molecule is O=C(Nc1ccc(F)cc1)c1cncc(C(=O)Nc2ccc3c(c2)OCCO3)c1. The number of carbonyl (C=O) groups excluding carboxylic acids is 2. The average molecular weight is 393 g/mol. The summed E-state index contributed by atoms with van der Waals surface area (Å²) in [5.41, 5.74) is 1.37. The highest BCUT2D eigenvalue weighted by Gasteiger charge is 2.15. The summed E-state index contributed by atoms with van der Waals surface area (Å²) in [7, 11) is 0. The van der Waals surface area contributed by atoms with Gasteiger partial charge in [0, 0.05) is 29.8 Å². The highest BCUT2D eigenvalue weighted by molar-refractivity contribution is 6.08. The van der Waals surface area contributed by atoms with Gasteiger partial charge in [-0.15, -0.1) is 0 Å². The zero-order chi connectivity index (χ0) is 20.2. The number of amides is 2. The Morgan fingerprint density at radius 3 is 2.07 bits per heavy atom. The maximum atomic E-state index is 13.0. The maximum Gasteiger partial charge on any atom is 0.257 e. The predicted molar refractivity (Wildman–Crippen MR) is 104 cm³/mol. The van der Waals surface area contributed by atoms with E-state index in [1.165, 1.54) is 42.7 Å². The van der Waals surface area contributed by atoms with E-state index >= 15 is 0 Å². The van der Waals surface area contributed by atoms with Gasteiger partial charge in [-0.05, 0) is 42.5 Å². The number of rotatable bonds is 4. The molecule has 0 saturated heterocycles. The van der Waals surface area contributed by atoms with E-state index in [9.17, 15) is 14.0 Å². The molecule has 0 radical (unpaired) electrons. The van der Waals surface area contributed by atoms with Crippen LogP contribution in [0.15, 0.2) is 60.9 Å². The zero-order valence-corrected chi connectivity index (χ0v) is 15.1. The number of anilines is 2. The first-order valence-corrected chi connectivity index (χ1v) is 8.81. The number of nitrogens with one attached hydrogen (secondary N) is 2. The van der Waals surface area contributed by atoms with Crippen LogP contribution in [0, 0.1) is 5.82 Å². The molecule has 2 amide bonds. The van der Waals surface area contributed by atoms with Gasteiger partial charge < -0.3 is 20.1 Å². The summed E-state index contributed by atoms with van der Waals surface area (Å²) < 4.78 is 23.9. The molecule has 1 aromatic heterocycles. The lowest BCUT2D eigenvalue weighted by Crippen LogP contribution is -2.17. The van der Waals surface area contributed by atoms with Gasteiger partial charge >= 0.3 is 0 Å². The van der Waals surface area contributed by atoms with Crippen molar-refractivity contribution in [1.29, 1.82) is 0 Å². The Hall–Kier alpha value is -3.94. The molecule has 4 rings (SSSR count). The van der Waals surface area contributed by atoms with Gasteiger partial charge in [0.1, 0.15) is 19.0 Å². The second-order valence-electron chi connectivity index (χ2n) is 6.24. The van der Waals surface area contributed by atoms with Gasteiger partial charge in [-0.25, -0.2) is 4.39 Å². The van der Waals surface area contributed by atoms with Gasteiger partial charge in [0.25, 0.3) is 11.8 Å². The lowest BCUT2D eigenvalue weighted by Gasteiger charge is -2.19. The molecule has 0 aliphatic carbocycles. The number of halogens is 1. The molecular formula is C21H16FN3O4. The molecule has 8 heteroatoms. The van der Waals surface area contributed by atoms with Gasteiger partial charge in [-0.2, -0.15) is 0 Å². The summed E-state index contributed by atoms with van der Waals surface area (Å²) in [6, 6.07) is 11.9. The number of carbonyl (C=O) groups is 2. The van der Waals surface area contributed by atoms with E-state index < -0.39 is 17.6 Å². The highest BCUT2D eigenvalue weighted by atomic mass is 19.1. The quantitative estimate of drug-likeness (QED) is 0.708. The minimum absolute atomic E-state index is 0.198. The molecule has 2 aromatic carbocycles. The summed E-state index contributed by atoms with van der Waals surface area (Å²) in [5, 5.41) is 5.37. The summed E-state index contributed by atoms with van der Waals surface area (Å²) in [5.74, 6) is -0.110. The lowest BCUT2D eigenvalue weighted by molar-refractivity contribution is 0.102. The Morgan fingerprint density at radius 2 is 1.38 bits per heavy atom. The fraction of sp³-hybridized carbons (Fsp3) is 0.0952. The molecule has 146 valence electrons. The molecule has 1 aliphatic heterocycles. The van der Waals surface area contributed by atoms with Crippen molar-refractivity contribution in [2.45, 2.75) is 0 Å². The fourth-order valence-corrected chi connectivity index (χ4v) is 2.75. The molecule has 0 spiro atoms. The number of aromatic nitrogens is 1. The topological polar surface area (TPSA) is 89.6 Å². The van der Waals surface area contributed by atoms with Crippen LogP contribution in [0.2, 0.25) is 0 Å². The van der Waals surface area contributed by atoms with Crippen LogP contribution in [-0.4, -0.2) is 30.0 Å². The van der Waals surface area contributed by atoms with Crippen LogP contribution in [-0.2, 0) is 0 Å². The summed E-state index contributed by atoms with van der Waals surface area (Å²) in [6.07, 6.45) is 2.71. The molecule has 0 atom stereocenters. The van der Waals surface area contributed by atoms with Crippen LogP contribution in [0.3, 0.4) is 0 Å². The van der Waals surface area contributed by atoms with Crippen LogP contribution >= 0.6 is 0 Å². The van der Waals surface area contributed by atoms with Gasteiger partial charge in [-0.1, -0.05) is 0 Å². The molecule has 0 saturated carbocycles. The third-order valence-corrected chi connectivity index (χ3v) is 4.16. The van der Waals surface area contributed by atoms with Crippen LogP contribution in [0.25, 0.3) is 0 Å². The average Bonchev–Trinajstić information content (AvgIpc) is 2.75. The molecule has 0 fully saturated rings. The Balaban J connectivity index is 1.47. The maximum absolute atomic E-state index is 13.0. The number of benzene rings is 2. The Bertz CT molecular complexity index is 1070. The Morgan fingerprint density at radius 1 is 0.793 bits per heavy atom. The van der Waals surface area contributed by atoms with E-state index in [1.54, 1.807) is 18.2 Å². The first kappa shape index (κ1) is 18.4. The van der Waals surface area contributed by atoms with E-state index in [4.69, 9.17) is 9.47 Å². The molecule has 7 nitrogen and oxygen atoms in total. The smallest absolute Gasteiger partial charge is 0.257 e. The molecule has 0 bridgehead atoms. The van der Waals surface area contributed by atoms with Gasteiger partial charge in [0.05, 0.1) is 11.1 Å². The molecular weight excluding hydrogens is 377 g/mol. The first-order chi connectivity index (χ1) is 14.1. The number of hydrogen-bond acceptors (Lipinski definition) is 5. The van der Waals surface area contributed by atoms with E-state index in [1.807, 2.05) is 0 Å². The van der Waals surface area contributed by atoms with Gasteiger partial charge in [0.15, 0.2) is 11.5 Å². The summed E-state index contributed by atoms with van der Waals surface area (Å²) >= 11 is 0. The molecule has 1 aliphatic rings. The number of pyridine rings is 1. The van der Waals surface area contributed by atoms with E-state index in [-0.39, 0.29) is 11.1 Å². The van der Waals surface area contributed by atoms with Crippen LogP contribution in [0.5, 0.6) is 11.5 Å². The van der Waals surface area contributed by atoms with Crippen molar-refractivity contribution in [1.82, 2.24) is 4.98 Å². The third-order valence-electron chi connectivity index (χ3n) is 4.16. The number of ether oxygens (including phenoxy) is 2. The summed E-state index contributed by atoms with van der Waals surface area (Å²) in [6.45, 7) is 0.927. The van der Waals surface area contributed by atoms with Crippen molar-refractivity contribution in [3.05, 3.63) is 77.9 Å². The lowest BCUT2D eigenvalue weighted by atomic mass is 10.1. The third kappa shape index (κ3) is 4.32. The first-order valence-electron chi connectivity index (χ1n) is 8.81. The fourth-order valence-electron chi connectivity index (χ4n) is 2.75. The van der Waals surface area contributed by atoms with Crippen molar-refractivity contribution >= 4 is 23.2 Å². The molecule has 0 unspecified atom stereocenters. The second kappa shape index (κ2) is 7.97. The zero-order valence-electron chi connectivity index (χ0n) is 15.1. The van der Waals surface area contributed by atoms with Crippen LogP contribution < -0.4 is 20.1 Å². The molecule has 2 N–H and O–H groups in total. The largest absolute Gasteiger partial charge is 0.486 e. The minimum atomic E-state index is -0.460. The predicted octanol–water partition coefficient (Wildman–Crippen LogP) is 3.50. The number of fused-ring (bicyclic) bond motifs is 1. The van der Waals surface area contributed by atoms with Crippen molar-refractivity contribution in [3.8, 4) is 11.5 Å². The van der Waals surface area contributed by atoms with Crippen molar-refractivity contribution in [2.24, 2.45) is 0 Å². The minimum Gasteiger partial charge on any atom is -0.486 e. The molecule has 2 heterocycles.